The lowest BCUT2D eigenvalue weighted by Gasteiger charge is -2.37. The van der Waals surface area contributed by atoms with Gasteiger partial charge in [0.1, 0.15) is 5.82 Å². The Hall–Kier alpha value is -0.970. The summed E-state index contributed by atoms with van der Waals surface area (Å²) in [6.07, 6.45) is 0.253. The summed E-state index contributed by atoms with van der Waals surface area (Å²) in [5.74, 6) is -0.220. The van der Waals surface area contributed by atoms with E-state index in [1.54, 1.807) is 0 Å². The van der Waals surface area contributed by atoms with Crippen LogP contribution in [0.1, 0.15) is 25.0 Å². The van der Waals surface area contributed by atoms with E-state index in [0.29, 0.717) is 12.6 Å². The number of halogens is 1. The van der Waals surface area contributed by atoms with E-state index in [4.69, 9.17) is 10.5 Å². The van der Waals surface area contributed by atoms with Crippen LogP contribution in [-0.4, -0.2) is 30.2 Å². The molecule has 18 heavy (non-hydrogen) atoms. The van der Waals surface area contributed by atoms with E-state index in [0.717, 1.165) is 30.8 Å². The first-order chi connectivity index (χ1) is 8.60. The van der Waals surface area contributed by atoms with Crippen LogP contribution in [0, 0.1) is 5.82 Å². The summed E-state index contributed by atoms with van der Waals surface area (Å²) in [6.45, 7) is 7.07. The molecule has 1 fully saturated rings. The minimum atomic E-state index is -0.220. The molecule has 0 radical (unpaired) electrons. The third-order valence-corrected chi connectivity index (χ3v) is 3.50. The Morgan fingerprint density at radius 1 is 1.39 bits per heavy atom. The summed E-state index contributed by atoms with van der Waals surface area (Å²) in [6, 6.07) is 5.26. The Balaban J connectivity index is 2.12. The summed E-state index contributed by atoms with van der Waals surface area (Å²) in [4.78, 5) is 2.36. The van der Waals surface area contributed by atoms with Crippen LogP contribution in [0.15, 0.2) is 18.2 Å². The van der Waals surface area contributed by atoms with Gasteiger partial charge in [-0.25, -0.2) is 4.39 Å². The molecule has 0 amide bonds. The van der Waals surface area contributed by atoms with Crippen molar-refractivity contribution in [3.63, 3.8) is 0 Å². The molecular formula is C14H21FN2O. The van der Waals surface area contributed by atoms with Crippen molar-refractivity contribution in [2.45, 2.75) is 39.1 Å². The predicted molar refractivity (Wildman–Crippen MR) is 69.6 cm³/mol. The molecule has 1 aliphatic heterocycles. The SMILES string of the molecule is CC1CN(Cc2ccc(F)cc2CN)C(C)CO1. The molecule has 0 aliphatic carbocycles. The van der Waals surface area contributed by atoms with Crippen molar-refractivity contribution in [2.75, 3.05) is 13.2 Å². The Labute approximate surface area is 108 Å². The smallest absolute Gasteiger partial charge is 0.123 e. The van der Waals surface area contributed by atoms with Gasteiger partial charge < -0.3 is 10.5 Å². The summed E-state index contributed by atoms with van der Waals surface area (Å²) in [5.41, 5.74) is 7.68. The first kappa shape index (κ1) is 13.5. The molecule has 2 unspecified atom stereocenters. The maximum atomic E-state index is 13.2. The lowest BCUT2D eigenvalue weighted by atomic mass is 10.1. The van der Waals surface area contributed by atoms with Crippen molar-refractivity contribution in [3.8, 4) is 0 Å². The standard InChI is InChI=1S/C14H21FN2O/c1-10-9-18-11(2)7-17(10)8-12-3-4-14(15)5-13(12)6-16/h3-5,10-11H,6-9,16H2,1-2H3. The van der Waals surface area contributed by atoms with Crippen LogP contribution in [0.4, 0.5) is 4.39 Å². The lowest BCUT2D eigenvalue weighted by molar-refractivity contribution is -0.0527. The Kier molecular flexibility index (Phi) is 4.32. The van der Waals surface area contributed by atoms with Gasteiger partial charge in [-0.3, -0.25) is 4.90 Å². The molecule has 2 N–H and O–H groups in total. The van der Waals surface area contributed by atoms with E-state index < -0.39 is 0 Å². The van der Waals surface area contributed by atoms with E-state index in [1.807, 2.05) is 6.07 Å². The topological polar surface area (TPSA) is 38.5 Å². The molecule has 1 saturated heterocycles. The van der Waals surface area contributed by atoms with Crippen molar-refractivity contribution in [3.05, 3.63) is 35.1 Å². The van der Waals surface area contributed by atoms with Gasteiger partial charge in [-0.15, -0.1) is 0 Å². The highest BCUT2D eigenvalue weighted by Crippen LogP contribution is 2.18. The van der Waals surface area contributed by atoms with Crippen LogP contribution in [0.2, 0.25) is 0 Å². The van der Waals surface area contributed by atoms with Gasteiger partial charge in [-0.05, 0) is 37.1 Å². The second kappa shape index (κ2) is 5.78. The van der Waals surface area contributed by atoms with Gasteiger partial charge in [0.2, 0.25) is 0 Å². The maximum Gasteiger partial charge on any atom is 0.123 e. The molecule has 1 heterocycles. The second-order valence-electron chi connectivity index (χ2n) is 5.04. The summed E-state index contributed by atoms with van der Waals surface area (Å²) in [7, 11) is 0. The van der Waals surface area contributed by atoms with Crippen LogP contribution < -0.4 is 5.73 Å². The molecule has 1 aromatic rings. The zero-order valence-corrected chi connectivity index (χ0v) is 11.0. The summed E-state index contributed by atoms with van der Waals surface area (Å²) in [5, 5.41) is 0. The molecule has 0 spiro atoms. The van der Waals surface area contributed by atoms with Crippen LogP contribution in [0.3, 0.4) is 0 Å². The van der Waals surface area contributed by atoms with Crippen LogP contribution in [-0.2, 0) is 17.8 Å². The average Bonchev–Trinajstić information content (AvgIpc) is 2.36. The quantitative estimate of drug-likeness (QED) is 0.893. The Morgan fingerprint density at radius 3 is 2.89 bits per heavy atom. The van der Waals surface area contributed by atoms with Gasteiger partial charge in [0, 0.05) is 25.7 Å². The predicted octanol–water partition coefficient (Wildman–Crippen LogP) is 1.89. The highest BCUT2D eigenvalue weighted by Gasteiger charge is 2.23. The maximum absolute atomic E-state index is 13.2. The molecular weight excluding hydrogens is 231 g/mol. The van der Waals surface area contributed by atoms with Crippen molar-refractivity contribution in [1.82, 2.24) is 4.90 Å². The van der Waals surface area contributed by atoms with Gasteiger partial charge in [0.15, 0.2) is 0 Å². The lowest BCUT2D eigenvalue weighted by Crippen LogP contribution is -2.46. The number of nitrogens with zero attached hydrogens (tertiary/aromatic N) is 1. The van der Waals surface area contributed by atoms with Crippen LogP contribution in [0.25, 0.3) is 0 Å². The van der Waals surface area contributed by atoms with Crippen LogP contribution in [0.5, 0.6) is 0 Å². The first-order valence-corrected chi connectivity index (χ1v) is 6.43. The molecule has 0 aromatic heterocycles. The highest BCUT2D eigenvalue weighted by atomic mass is 19.1. The molecule has 0 saturated carbocycles. The first-order valence-electron chi connectivity index (χ1n) is 6.43. The number of nitrogens with two attached hydrogens (primary N) is 1. The number of ether oxygens (including phenoxy) is 1. The fourth-order valence-corrected chi connectivity index (χ4v) is 2.35. The largest absolute Gasteiger partial charge is 0.376 e. The van der Waals surface area contributed by atoms with E-state index in [9.17, 15) is 4.39 Å². The summed E-state index contributed by atoms with van der Waals surface area (Å²) < 4.78 is 18.8. The third-order valence-electron chi connectivity index (χ3n) is 3.50. The second-order valence-corrected chi connectivity index (χ2v) is 5.04. The Bertz CT molecular complexity index is 411. The summed E-state index contributed by atoms with van der Waals surface area (Å²) >= 11 is 0. The fraction of sp³-hybridized carbons (Fsp3) is 0.571. The zero-order valence-electron chi connectivity index (χ0n) is 11.0. The molecule has 0 bridgehead atoms. The van der Waals surface area contributed by atoms with Crippen molar-refractivity contribution >= 4 is 0 Å². The fourth-order valence-electron chi connectivity index (χ4n) is 2.35. The molecule has 4 heteroatoms. The van der Waals surface area contributed by atoms with E-state index in [-0.39, 0.29) is 11.9 Å². The van der Waals surface area contributed by atoms with Gasteiger partial charge >= 0.3 is 0 Å². The van der Waals surface area contributed by atoms with Gasteiger partial charge in [0.05, 0.1) is 12.7 Å². The van der Waals surface area contributed by atoms with Crippen molar-refractivity contribution in [1.29, 1.82) is 0 Å². The highest BCUT2D eigenvalue weighted by molar-refractivity contribution is 5.27. The van der Waals surface area contributed by atoms with Crippen molar-refractivity contribution < 1.29 is 9.13 Å². The van der Waals surface area contributed by atoms with E-state index >= 15 is 0 Å². The third kappa shape index (κ3) is 3.07. The minimum absolute atomic E-state index is 0.220. The normalized spacial score (nSPS) is 25.3. The number of morpholine rings is 1. The van der Waals surface area contributed by atoms with E-state index in [2.05, 4.69) is 18.7 Å². The van der Waals surface area contributed by atoms with Gasteiger partial charge in [-0.1, -0.05) is 6.07 Å². The number of hydrogen-bond acceptors (Lipinski definition) is 3. The van der Waals surface area contributed by atoms with Crippen LogP contribution >= 0.6 is 0 Å². The minimum Gasteiger partial charge on any atom is -0.376 e. The van der Waals surface area contributed by atoms with Gasteiger partial charge in [-0.2, -0.15) is 0 Å². The molecule has 1 aromatic carbocycles. The molecule has 2 rings (SSSR count). The Morgan fingerprint density at radius 2 is 2.17 bits per heavy atom. The van der Waals surface area contributed by atoms with Crippen molar-refractivity contribution in [2.24, 2.45) is 5.73 Å². The number of hydrogen-bond donors (Lipinski definition) is 1. The molecule has 2 atom stereocenters. The molecule has 3 nitrogen and oxygen atoms in total. The molecule has 100 valence electrons. The average molecular weight is 252 g/mol. The zero-order chi connectivity index (χ0) is 13.1. The van der Waals surface area contributed by atoms with E-state index in [1.165, 1.54) is 12.1 Å². The molecule has 1 aliphatic rings. The number of rotatable bonds is 3. The monoisotopic (exact) mass is 252 g/mol. The number of benzene rings is 1. The van der Waals surface area contributed by atoms with Gasteiger partial charge in [0.25, 0.3) is 0 Å².